The molecule has 1 aromatic rings. The summed E-state index contributed by atoms with van der Waals surface area (Å²) in [7, 11) is 0. The number of amides is 2. The monoisotopic (exact) mass is 286 g/mol. The zero-order chi connectivity index (χ0) is 14.4. The Morgan fingerprint density at radius 1 is 1.14 bits per heavy atom. The number of rotatable bonds is 1. The van der Waals surface area contributed by atoms with Crippen molar-refractivity contribution >= 4 is 12.0 Å². The van der Waals surface area contributed by atoms with E-state index in [1.54, 1.807) is 4.90 Å². The molecule has 21 heavy (non-hydrogen) atoms. The van der Waals surface area contributed by atoms with Crippen molar-refractivity contribution < 1.29 is 14.3 Å². The summed E-state index contributed by atoms with van der Waals surface area (Å²) in [6, 6.07) is 8.34. The summed E-state index contributed by atoms with van der Waals surface area (Å²) in [5.41, 5.74) is 2.60. The van der Waals surface area contributed by atoms with Crippen molar-refractivity contribution in [2.75, 3.05) is 26.2 Å². The Balaban J connectivity index is 1.44. The van der Waals surface area contributed by atoms with Gasteiger partial charge in [-0.15, -0.1) is 0 Å². The van der Waals surface area contributed by atoms with E-state index in [-0.39, 0.29) is 24.0 Å². The van der Waals surface area contributed by atoms with Gasteiger partial charge in [-0.2, -0.15) is 0 Å². The third-order valence-electron chi connectivity index (χ3n) is 4.83. The number of hydrogen-bond acceptors (Lipinski definition) is 3. The Bertz CT molecular complexity index is 576. The van der Waals surface area contributed by atoms with Crippen molar-refractivity contribution in [1.82, 2.24) is 9.80 Å². The van der Waals surface area contributed by atoms with Crippen LogP contribution in [-0.2, 0) is 22.4 Å². The van der Waals surface area contributed by atoms with Crippen molar-refractivity contribution in [2.24, 2.45) is 5.92 Å². The lowest BCUT2D eigenvalue weighted by Crippen LogP contribution is -2.55. The molecule has 3 aliphatic rings. The topological polar surface area (TPSA) is 49.9 Å². The molecule has 0 saturated carbocycles. The predicted octanol–water partition coefficient (Wildman–Crippen LogP) is 1.06. The molecule has 2 amide bonds. The molecule has 2 fully saturated rings. The standard InChI is InChI=1S/C16H18N2O3/c19-15(13-7-11-3-1-2-4-12(11)8-13)17-5-6-18-14(9-17)10-21-16(18)20/h1-4,13-14H,5-10H2/t14-/m0/s1. The van der Waals surface area contributed by atoms with Crippen LogP contribution < -0.4 is 0 Å². The summed E-state index contributed by atoms with van der Waals surface area (Å²) < 4.78 is 5.05. The molecule has 0 radical (unpaired) electrons. The maximum atomic E-state index is 12.7. The Hall–Kier alpha value is -2.04. The van der Waals surface area contributed by atoms with E-state index in [2.05, 4.69) is 12.1 Å². The highest BCUT2D eigenvalue weighted by Gasteiger charge is 2.40. The van der Waals surface area contributed by atoms with Crippen LogP contribution in [-0.4, -0.2) is 54.1 Å². The second kappa shape index (κ2) is 4.76. The van der Waals surface area contributed by atoms with Gasteiger partial charge < -0.3 is 9.64 Å². The number of piperazine rings is 1. The Morgan fingerprint density at radius 3 is 2.57 bits per heavy atom. The molecule has 5 nitrogen and oxygen atoms in total. The zero-order valence-corrected chi connectivity index (χ0v) is 11.8. The summed E-state index contributed by atoms with van der Waals surface area (Å²) in [6.45, 7) is 2.23. The van der Waals surface area contributed by atoms with E-state index in [0.29, 0.717) is 26.2 Å². The molecular weight excluding hydrogens is 268 g/mol. The van der Waals surface area contributed by atoms with Crippen LogP contribution >= 0.6 is 0 Å². The largest absolute Gasteiger partial charge is 0.447 e. The minimum absolute atomic E-state index is 0.0407. The van der Waals surface area contributed by atoms with Crippen molar-refractivity contribution in [1.29, 1.82) is 0 Å². The van der Waals surface area contributed by atoms with Crippen LogP contribution in [0.1, 0.15) is 11.1 Å². The van der Waals surface area contributed by atoms with Crippen LogP contribution in [0.15, 0.2) is 24.3 Å². The quantitative estimate of drug-likeness (QED) is 0.776. The third kappa shape index (κ3) is 2.07. The van der Waals surface area contributed by atoms with Gasteiger partial charge in [0.1, 0.15) is 6.61 Å². The number of benzene rings is 1. The van der Waals surface area contributed by atoms with E-state index < -0.39 is 0 Å². The number of fused-ring (bicyclic) bond motifs is 2. The number of hydrogen-bond donors (Lipinski definition) is 0. The molecule has 1 aliphatic carbocycles. The molecule has 0 spiro atoms. The van der Waals surface area contributed by atoms with E-state index in [1.807, 2.05) is 17.0 Å². The fourth-order valence-corrected chi connectivity index (χ4v) is 3.68. The molecule has 5 heteroatoms. The van der Waals surface area contributed by atoms with Crippen LogP contribution in [0.2, 0.25) is 0 Å². The van der Waals surface area contributed by atoms with Crippen molar-refractivity contribution in [3.05, 3.63) is 35.4 Å². The maximum absolute atomic E-state index is 12.7. The highest BCUT2D eigenvalue weighted by molar-refractivity contribution is 5.81. The molecule has 4 rings (SSSR count). The predicted molar refractivity (Wildman–Crippen MR) is 75.8 cm³/mol. The summed E-state index contributed by atoms with van der Waals surface area (Å²) in [5, 5.41) is 0. The number of cyclic esters (lactones) is 1. The average molecular weight is 286 g/mol. The van der Waals surface area contributed by atoms with Crippen LogP contribution in [0.4, 0.5) is 4.79 Å². The number of carbonyl (C=O) groups is 2. The summed E-state index contributed by atoms with van der Waals surface area (Å²) >= 11 is 0. The Labute approximate surface area is 123 Å². The minimum Gasteiger partial charge on any atom is -0.447 e. The first kappa shape index (κ1) is 12.7. The number of carbonyl (C=O) groups excluding carboxylic acids is 2. The van der Waals surface area contributed by atoms with Gasteiger partial charge in [0.05, 0.1) is 6.04 Å². The van der Waals surface area contributed by atoms with Crippen molar-refractivity contribution in [3.8, 4) is 0 Å². The molecule has 1 atom stereocenters. The maximum Gasteiger partial charge on any atom is 0.410 e. The number of ether oxygens (including phenoxy) is 1. The second-order valence-electron chi connectivity index (χ2n) is 6.08. The molecule has 0 bridgehead atoms. The highest BCUT2D eigenvalue weighted by atomic mass is 16.6. The fraction of sp³-hybridized carbons (Fsp3) is 0.500. The normalized spacial score (nSPS) is 24.8. The van der Waals surface area contributed by atoms with Crippen LogP contribution in [0.25, 0.3) is 0 Å². The van der Waals surface area contributed by atoms with Gasteiger partial charge in [-0.3, -0.25) is 9.69 Å². The fourth-order valence-electron chi connectivity index (χ4n) is 3.68. The lowest BCUT2D eigenvalue weighted by atomic mass is 10.0. The molecule has 2 aliphatic heterocycles. The molecule has 1 aromatic carbocycles. The minimum atomic E-state index is -0.236. The van der Waals surface area contributed by atoms with E-state index in [9.17, 15) is 9.59 Å². The first-order valence-electron chi connectivity index (χ1n) is 7.51. The summed E-state index contributed by atoms with van der Waals surface area (Å²) in [6.07, 6.45) is 1.45. The lowest BCUT2D eigenvalue weighted by Gasteiger charge is -2.36. The summed E-state index contributed by atoms with van der Waals surface area (Å²) in [4.78, 5) is 27.9. The molecule has 2 heterocycles. The smallest absolute Gasteiger partial charge is 0.410 e. The first-order chi connectivity index (χ1) is 10.2. The molecule has 0 aromatic heterocycles. The molecule has 0 N–H and O–H groups in total. The molecule has 2 saturated heterocycles. The lowest BCUT2D eigenvalue weighted by molar-refractivity contribution is -0.137. The van der Waals surface area contributed by atoms with Gasteiger partial charge in [0.2, 0.25) is 5.91 Å². The van der Waals surface area contributed by atoms with Gasteiger partial charge in [0.25, 0.3) is 0 Å². The van der Waals surface area contributed by atoms with Gasteiger partial charge in [-0.1, -0.05) is 24.3 Å². The van der Waals surface area contributed by atoms with Gasteiger partial charge >= 0.3 is 6.09 Å². The Morgan fingerprint density at radius 2 is 1.86 bits per heavy atom. The third-order valence-corrected chi connectivity index (χ3v) is 4.83. The number of nitrogens with zero attached hydrogens (tertiary/aromatic N) is 2. The van der Waals surface area contributed by atoms with Gasteiger partial charge in [-0.05, 0) is 24.0 Å². The van der Waals surface area contributed by atoms with Gasteiger partial charge in [-0.25, -0.2) is 4.79 Å². The van der Waals surface area contributed by atoms with Gasteiger partial charge in [0.15, 0.2) is 0 Å². The first-order valence-corrected chi connectivity index (χ1v) is 7.51. The van der Waals surface area contributed by atoms with Crippen LogP contribution in [0, 0.1) is 5.92 Å². The average Bonchev–Trinajstić information content (AvgIpc) is 3.10. The summed E-state index contributed by atoms with van der Waals surface area (Å²) in [5.74, 6) is 0.289. The molecular formula is C16H18N2O3. The van der Waals surface area contributed by atoms with Crippen LogP contribution in [0.3, 0.4) is 0 Å². The zero-order valence-electron chi connectivity index (χ0n) is 11.8. The van der Waals surface area contributed by atoms with E-state index >= 15 is 0 Å². The van der Waals surface area contributed by atoms with E-state index in [0.717, 1.165) is 12.8 Å². The SMILES string of the molecule is O=C(C1Cc2ccccc2C1)N1CCN2C(=O)OC[C@@H]2C1. The molecule has 0 unspecified atom stereocenters. The molecule has 110 valence electrons. The van der Waals surface area contributed by atoms with E-state index in [4.69, 9.17) is 4.74 Å². The highest BCUT2D eigenvalue weighted by Crippen LogP contribution is 2.29. The Kier molecular flexibility index (Phi) is 2.87. The van der Waals surface area contributed by atoms with Crippen LogP contribution in [0.5, 0.6) is 0 Å². The van der Waals surface area contributed by atoms with Crippen molar-refractivity contribution in [2.45, 2.75) is 18.9 Å². The van der Waals surface area contributed by atoms with Crippen molar-refractivity contribution in [3.63, 3.8) is 0 Å². The van der Waals surface area contributed by atoms with E-state index in [1.165, 1.54) is 11.1 Å². The van der Waals surface area contributed by atoms with Gasteiger partial charge in [0, 0.05) is 25.6 Å². The second-order valence-corrected chi connectivity index (χ2v) is 6.08.